The first-order valence-electron chi connectivity index (χ1n) is 8.67. The fourth-order valence-electron chi connectivity index (χ4n) is 4.54. The Morgan fingerprint density at radius 2 is 1.42 bits per heavy atom. The van der Waals surface area contributed by atoms with Crippen molar-refractivity contribution in [2.45, 2.75) is 57.8 Å². The van der Waals surface area contributed by atoms with Crippen molar-refractivity contribution >= 4 is 0 Å². The summed E-state index contributed by atoms with van der Waals surface area (Å²) in [5.41, 5.74) is 0.732. The molecule has 1 spiro atoms. The van der Waals surface area contributed by atoms with Gasteiger partial charge in [-0.3, -0.25) is 0 Å². The molecular weight excluding hydrogens is 232 g/mol. The lowest BCUT2D eigenvalue weighted by molar-refractivity contribution is 0.0349. The van der Waals surface area contributed by atoms with E-state index in [1.54, 1.807) is 0 Å². The molecule has 3 rings (SSSR count). The van der Waals surface area contributed by atoms with E-state index in [4.69, 9.17) is 0 Å². The summed E-state index contributed by atoms with van der Waals surface area (Å²) in [4.78, 5) is 5.30. The Balaban J connectivity index is 1.44. The summed E-state index contributed by atoms with van der Waals surface area (Å²) >= 11 is 0. The lowest BCUT2D eigenvalue weighted by atomic mass is 9.71. The van der Waals surface area contributed by atoms with Crippen LogP contribution in [0.2, 0.25) is 0 Å². The second kappa shape index (κ2) is 6.13. The van der Waals surface area contributed by atoms with Crippen molar-refractivity contribution < 1.29 is 0 Å². The summed E-state index contributed by atoms with van der Waals surface area (Å²) in [6, 6.07) is 0. The smallest absolute Gasteiger partial charge is 0.000966 e. The van der Waals surface area contributed by atoms with Crippen LogP contribution in [0.1, 0.15) is 57.8 Å². The Morgan fingerprint density at radius 1 is 0.842 bits per heavy atom. The zero-order valence-electron chi connectivity index (χ0n) is 12.9. The predicted octanol–water partition coefficient (Wildman–Crippen LogP) is 3.37. The van der Waals surface area contributed by atoms with E-state index < -0.39 is 0 Å². The van der Waals surface area contributed by atoms with E-state index >= 15 is 0 Å². The molecule has 110 valence electrons. The van der Waals surface area contributed by atoms with Crippen molar-refractivity contribution in [3.63, 3.8) is 0 Å². The highest BCUT2D eigenvalue weighted by Gasteiger charge is 2.37. The van der Waals surface area contributed by atoms with Crippen molar-refractivity contribution in [3.8, 4) is 0 Å². The third kappa shape index (κ3) is 3.52. The van der Waals surface area contributed by atoms with Crippen LogP contribution in [0.4, 0.5) is 0 Å². The average Bonchev–Trinajstić information content (AvgIpc) is 2.46. The van der Waals surface area contributed by atoms with Crippen molar-refractivity contribution in [3.05, 3.63) is 0 Å². The second-order valence-electron chi connectivity index (χ2n) is 7.61. The number of likely N-dealkylation sites (tertiary alicyclic amines) is 2. The summed E-state index contributed by atoms with van der Waals surface area (Å²) in [6.07, 6.45) is 13.4. The molecule has 3 aliphatic rings. The summed E-state index contributed by atoms with van der Waals surface area (Å²) in [5, 5.41) is 0. The van der Waals surface area contributed by atoms with E-state index in [0.29, 0.717) is 0 Å². The molecule has 0 radical (unpaired) electrons. The van der Waals surface area contributed by atoms with Crippen LogP contribution < -0.4 is 0 Å². The number of piperidine rings is 2. The minimum Gasteiger partial charge on any atom is -0.306 e. The lowest BCUT2D eigenvalue weighted by Crippen LogP contribution is -2.47. The first kappa shape index (κ1) is 13.9. The van der Waals surface area contributed by atoms with E-state index in [9.17, 15) is 0 Å². The minimum atomic E-state index is 0.732. The van der Waals surface area contributed by atoms with Gasteiger partial charge in [-0.25, -0.2) is 0 Å². The molecule has 2 nitrogen and oxygen atoms in total. The number of hydrogen-bond acceptors (Lipinski definition) is 2. The Bertz CT molecular complexity index is 265. The van der Waals surface area contributed by atoms with Crippen LogP contribution in [0.3, 0.4) is 0 Å². The van der Waals surface area contributed by atoms with E-state index in [0.717, 1.165) is 11.3 Å². The van der Waals surface area contributed by atoms with Gasteiger partial charge >= 0.3 is 0 Å². The van der Waals surface area contributed by atoms with Gasteiger partial charge in [-0.15, -0.1) is 0 Å². The van der Waals surface area contributed by atoms with Gasteiger partial charge in [-0.2, -0.15) is 0 Å². The van der Waals surface area contributed by atoms with Crippen molar-refractivity contribution in [1.29, 1.82) is 0 Å². The maximum absolute atomic E-state index is 2.79. The number of hydrogen-bond donors (Lipinski definition) is 0. The van der Waals surface area contributed by atoms with Crippen LogP contribution in [-0.2, 0) is 0 Å². The summed E-state index contributed by atoms with van der Waals surface area (Å²) in [7, 11) is 2.28. The Morgan fingerprint density at radius 3 is 2.05 bits per heavy atom. The minimum absolute atomic E-state index is 0.732. The third-order valence-corrected chi connectivity index (χ3v) is 6.21. The zero-order valence-corrected chi connectivity index (χ0v) is 12.9. The largest absolute Gasteiger partial charge is 0.306 e. The monoisotopic (exact) mass is 264 g/mol. The number of rotatable bonds is 2. The molecule has 1 saturated carbocycles. The second-order valence-corrected chi connectivity index (χ2v) is 7.61. The molecule has 0 bridgehead atoms. The van der Waals surface area contributed by atoms with E-state index in [-0.39, 0.29) is 0 Å². The Hall–Kier alpha value is -0.0800. The third-order valence-electron chi connectivity index (χ3n) is 6.21. The van der Waals surface area contributed by atoms with Gasteiger partial charge in [0.1, 0.15) is 0 Å². The van der Waals surface area contributed by atoms with Crippen molar-refractivity contribution in [2.24, 2.45) is 11.3 Å². The van der Waals surface area contributed by atoms with Crippen molar-refractivity contribution in [1.82, 2.24) is 9.80 Å². The van der Waals surface area contributed by atoms with Crippen LogP contribution >= 0.6 is 0 Å². The molecule has 2 saturated heterocycles. The molecule has 2 aliphatic heterocycles. The van der Waals surface area contributed by atoms with E-state index in [1.165, 1.54) is 90.5 Å². The standard InChI is InChI=1S/C17H32N2/c1-18-11-7-17(8-12-18)9-13-19(14-10-17)15-16-5-3-2-4-6-16/h16H,2-15H2,1H3. The van der Waals surface area contributed by atoms with Crippen LogP contribution in [0, 0.1) is 11.3 Å². The highest BCUT2D eigenvalue weighted by molar-refractivity contribution is 4.90. The van der Waals surface area contributed by atoms with Crippen LogP contribution in [0.25, 0.3) is 0 Å². The SMILES string of the molecule is CN1CCC2(CC1)CCN(CC1CCCCC1)CC2. The zero-order chi connectivity index (χ0) is 13.1. The molecule has 2 heteroatoms. The molecule has 0 N–H and O–H groups in total. The van der Waals surface area contributed by atoms with Gasteiger partial charge in [0.25, 0.3) is 0 Å². The molecule has 3 fully saturated rings. The molecule has 0 aromatic heterocycles. The maximum Gasteiger partial charge on any atom is 0.000966 e. The molecule has 0 atom stereocenters. The normalized spacial score (nSPS) is 30.8. The Kier molecular flexibility index (Phi) is 4.48. The number of nitrogens with zero attached hydrogens (tertiary/aromatic N) is 2. The first-order valence-corrected chi connectivity index (χ1v) is 8.67. The van der Waals surface area contributed by atoms with Crippen LogP contribution in [-0.4, -0.2) is 49.6 Å². The van der Waals surface area contributed by atoms with Crippen LogP contribution in [0.5, 0.6) is 0 Å². The highest BCUT2D eigenvalue weighted by atomic mass is 15.1. The molecule has 1 aliphatic carbocycles. The van der Waals surface area contributed by atoms with E-state index in [2.05, 4.69) is 16.8 Å². The molecule has 0 amide bonds. The first-order chi connectivity index (χ1) is 9.26. The molecule has 0 aromatic rings. The predicted molar refractivity (Wildman–Crippen MR) is 81.4 cm³/mol. The van der Waals surface area contributed by atoms with Gasteiger partial charge < -0.3 is 9.80 Å². The molecule has 0 aromatic carbocycles. The van der Waals surface area contributed by atoms with Gasteiger partial charge in [0.05, 0.1) is 0 Å². The van der Waals surface area contributed by atoms with Gasteiger partial charge in [-0.05, 0) is 83.1 Å². The maximum atomic E-state index is 2.79. The summed E-state index contributed by atoms with van der Waals surface area (Å²) < 4.78 is 0. The molecule has 2 heterocycles. The highest BCUT2D eigenvalue weighted by Crippen LogP contribution is 2.41. The fourth-order valence-corrected chi connectivity index (χ4v) is 4.54. The van der Waals surface area contributed by atoms with Gasteiger partial charge in [-0.1, -0.05) is 19.3 Å². The molecular formula is C17H32N2. The average molecular weight is 264 g/mol. The van der Waals surface area contributed by atoms with E-state index in [1.807, 2.05) is 0 Å². The topological polar surface area (TPSA) is 6.48 Å². The molecule has 19 heavy (non-hydrogen) atoms. The van der Waals surface area contributed by atoms with Gasteiger partial charge in [0.2, 0.25) is 0 Å². The van der Waals surface area contributed by atoms with Crippen LogP contribution in [0.15, 0.2) is 0 Å². The quantitative estimate of drug-likeness (QED) is 0.754. The molecule has 0 unspecified atom stereocenters. The van der Waals surface area contributed by atoms with Gasteiger partial charge in [0, 0.05) is 6.54 Å². The van der Waals surface area contributed by atoms with Crippen molar-refractivity contribution in [2.75, 3.05) is 39.8 Å². The summed E-state index contributed by atoms with van der Waals surface area (Å²) in [6.45, 7) is 6.86. The fraction of sp³-hybridized carbons (Fsp3) is 1.00. The lowest BCUT2D eigenvalue weighted by Gasteiger charge is -2.47. The summed E-state index contributed by atoms with van der Waals surface area (Å²) in [5.74, 6) is 1.03. The Labute approximate surface area is 119 Å². The van der Waals surface area contributed by atoms with Gasteiger partial charge in [0.15, 0.2) is 0 Å².